The number of carbonyl (C=O) groups is 3. The molecule has 14 heteroatoms. The molecule has 2 aliphatic carbocycles. The van der Waals surface area contributed by atoms with Gasteiger partial charge in [-0.3, -0.25) is 24.9 Å². The molecule has 3 saturated heterocycles. The Labute approximate surface area is 390 Å². The average molecular weight is 904 g/mol. The molecule has 0 aromatic heterocycles. The molecule has 3 aliphatic heterocycles. The van der Waals surface area contributed by atoms with Crippen LogP contribution in [0.1, 0.15) is 120 Å². The van der Waals surface area contributed by atoms with Crippen molar-refractivity contribution in [3.8, 4) is 0 Å². The van der Waals surface area contributed by atoms with E-state index < -0.39 is 6.04 Å². The van der Waals surface area contributed by atoms with Gasteiger partial charge in [0.2, 0.25) is 5.91 Å². The normalized spacial score (nSPS) is 22.4. The van der Waals surface area contributed by atoms with Crippen LogP contribution in [0.5, 0.6) is 0 Å². The van der Waals surface area contributed by atoms with Crippen LogP contribution in [0.25, 0.3) is 0 Å². The standard InChI is InChI=1S/C36H56FN7O3.C13H20N2O.C2H6/c1-26(39-3)33(6-5-19-45)41-35(46)31-21-34(32(37)20-27(31)24-47-4)44-17-11-36(12-18-44)22-30(23-36)43-15-9-29(10-16-43)42-13-7-28(8-14-42)40-25-38-2;1-10-5-4-6-12(10)11(9-14-2)7-8-13(16)15-3;1-2/h19-21,28-30,33,39-40H,1-2,5-18,22-25H2,3-4H3,(H,41,46);7-10,12H,2,4-6H2,1,3H3,(H,15,16);1-2H3/b;8-7-,11-9-;. The van der Waals surface area contributed by atoms with Crippen LogP contribution in [0.4, 0.5) is 10.1 Å². The first-order chi connectivity index (χ1) is 31.5. The molecular formula is C51H82FN9O4. The van der Waals surface area contributed by atoms with E-state index >= 15 is 4.39 Å². The van der Waals surface area contributed by atoms with Gasteiger partial charge in [0, 0.05) is 82.4 Å². The van der Waals surface area contributed by atoms with E-state index in [1.807, 2.05) is 19.9 Å². The van der Waals surface area contributed by atoms with E-state index in [9.17, 15) is 14.4 Å². The number of halogens is 1. The zero-order valence-electron chi connectivity index (χ0n) is 40.6. The van der Waals surface area contributed by atoms with Gasteiger partial charge < -0.3 is 40.2 Å². The number of nitrogens with one attached hydrogen (secondary N) is 4. The molecule has 1 aromatic carbocycles. The van der Waals surface area contributed by atoms with Gasteiger partial charge in [-0.05, 0) is 144 Å². The van der Waals surface area contributed by atoms with E-state index in [0.717, 1.165) is 37.8 Å². The molecule has 3 atom stereocenters. The molecule has 5 fully saturated rings. The van der Waals surface area contributed by atoms with Crippen molar-refractivity contribution in [1.29, 1.82) is 0 Å². The van der Waals surface area contributed by atoms with Crippen molar-refractivity contribution in [1.82, 2.24) is 31.1 Å². The monoisotopic (exact) mass is 904 g/mol. The minimum absolute atomic E-state index is 0.0828. The van der Waals surface area contributed by atoms with Crippen molar-refractivity contribution < 1.29 is 23.5 Å². The number of carbonyl (C=O) groups excluding carboxylic acids is 3. The molecule has 65 heavy (non-hydrogen) atoms. The third-order valence-electron chi connectivity index (χ3n) is 14.6. The van der Waals surface area contributed by atoms with Crippen LogP contribution in [-0.2, 0) is 20.9 Å². The molecule has 13 nitrogen and oxygen atoms in total. The van der Waals surface area contributed by atoms with E-state index in [1.165, 1.54) is 97.1 Å². The Hall–Kier alpha value is -4.24. The lowest BCUT2D eigenvalue weighted by atomic mass is 9.59. The largest absolute Gasteiger partial charge is 0.390 e. The molecule has 0 radical (unpaired) electrons. The number of ether oxygens (including phenoxy) is 1. The van der Waals surface area contributed by atoms with Gasteiger partial charge in [-0.1, -0.05) is 46.3 Å². The van der Waals surface area contributed by atoms with Gasteiger partial charge in [-0.2, -0.15) is 0 Å². The number of likely N-dealkylation sites (tertiary alicyclic amines) is 2. The molecule has 3 unspecified atom stereocenters. The van der Waals surface area contributed by atoms with E-state index in [-0.39, 0.29) is 24.2 Å². The summed E-state index contributed by atoms with van der Waals surface area (Å²) in [5, 5.41) is 12.0. The number of aldehydes is 1. The number of likely N-dealkylation sites (N-methyl/N-ethyl adjacent to an activating group) is 2. The second-order valence-electron chi connectivity index (χ2n) is 18.4. The number of rotatable bonds is 19. The molecule has 3 heterocycles. The molecule has 362 valence electrons. The summed E-state index contributed by atoms with van der Waals surface area (Å²) in [6.07, 6.45) is 19.9. The van der Waals surface area contributed by atoms with E-state index in [0.29, 0.717) is 77.4 Å². The third kappa shape index (κ3) is 15.1. The Bertz CT molecular complexity index is 1750. The predicted molar refractivity (Wildman–Crippen MR) is 264 cm³/mol. The molecule has 1 spiro atoms. The molecule has 5 aliphatic rings. The number of benzene rings is 1. The Balaban J connectivity index is 0.000000432. The van der Waals surface area contributed by atoms with Crippen LogP contribution in [0.2, 0.25) is 0 Å². The van der Waals surface area contributed by atoms with Crippen LogP contribution in [-0.4, -0.2) is 133 Å². The van der Waals surface area contributed by atoms with Crippen molar-refractivity contribution in [3.63, 3.8) is 0 Å². The summed E-state index contributed by atoms with van der Waals surface area (Å²) in [4.78, 5) is 51.0. The summed E-state index contributed by atoms with van der Waals surface area (Å²) in [6, 6.07) is 4.65. The maximum absolute atomic E-state index is 15.5. The number of hydrogen-bond donors (Lipinski definition) is 4. The van der Waals surface area contributed by atoms with E-state index in [1.54, 1.807) is 32.4 Å². The van der Waals surface area contributed by atoms with Crippen LogP contribution >= 0.6 is 0 Å². The summed E-state index contributed by atoms with van der Waals surface area (Å²) in [6.45, 7) is 24.4. The number of hydrogen-bond acceptors (Lipinski definition) is 11. The lowest BCUT2D eigenvalue weighted by molar-refractivity contribution is -0.116. The first-order valence-corrected chi connectivity index (χ1v) is 24.4. The molecule has 0 bridgehead atoms. The van der Waals surface area contributed by atoms with Gasteiger partial charge in [0.05, 0.1) is 25.0 Å². The Morgan fingerprint density at radius 1 is 0.938 bits per heavy atom. The van der Waals surface area contributed by atoms with Crippen molar-refractivity contribution in [3.05, 3.63) is 65.3 Å². The fourth-order valence-electron chi connectivity index (χ4n) is 10.7. The highest BCUT2D eigenvalue weighted by atomic mass is 19.1. The van der Waals surface area contributed by atoms with E-state index in [4.69, 9.17) is 4.74 Å². The van der Waals surface area contributed by atoms with Gasteiger partial charge in [0.25, 0.3) is 5.91 Å². The maximum atomic E-state index is 15.5. The van der Waals surface area contributed by atoms with Gasteiger partial charge in [-0.15, -0.1) is 0 Å². The first-order valence-electron chi connectivity index (χ1n) is 24.4. The Morgan fingerprint density at radius 3 is 2.17 bits per heavy atom. The van der Waals surface area contributed by atoms with Crippen LogP contribution in [0, 0.1) is 23.1 Å². The zero-order valence-corrected chi connectivity index (χ0v) is 40.6. The average Bonchev–Trinajstić information content (AvgIpc) is 3.76. The van der Waals surface area contributed by atoms with Crippen LogP contribution in [0.3, 0.4) is 0 Å². The first kappa shape index (κ1) is 53.4. The van der Waals surface area contributed by atoms with Gasteiger partial charge in [-0.25, -0.2) is 4.39 Å². The summed E-state index contributed by atoms with van der Waals surface area (Å²) in [5.74, 6) is 0.451. The van der Waals surface area contributed by atoms with Crippen LogP contribution in [0.15, 0.2) is 58.3 Å². The second kappa shape index (κ2) is 27.4. The lowest BCUT2D eigenvalue weighted by Crippen LogP contribution is -2.58. The number of allylic oxidation sites excluding steroid dienone is 2. The SMILES string of the molecule is C=N/C=C(/C=C\C(=O)NC)C1CCCC1C.C=NCNC1CCN(C2CCN(C3CC4(CCN(c5cc(C(=O)NC(CCC=O)C(=C)NC)c(COC)cc5F)CC4)C3)CC2)CC1.CC. The zero-order chi connectivity index (χ0) is 47.4. The second-order valence-corrected chi connectivity index (χ2v) is 18.4. The number of amides is 2. The smallest absolute Gasteiger partial charge is 0.252 e. The van der Waals surface area contributed by atoms with Crippen molar-refractivity contribution in [2.45, 2.75) is 135 Å². The molecule has 4 N–H and O–H groups in total. The minimum Gasteiger partial charge on any atom is -0.390 e. The number of nitrogens with zero attached hydrogens (tertiary/aromatic N) is 5. The molecule has 2 amide bonds. The quantitative estimate of drug-likeness (QED) is 0.0498. The summed E-state index contributed by atoms with van der Waals surface area (Å²) in [5.41, 5.74) is 3.43. The highest BCUT2D eigenvalue weighted by Crippen LogP contribution is 2.52. The lowest BCUT2D eigenvalue weighted by Gasteiger charge is -2.56. The Kier molecular flexibility index (Phi) is 22.5. The molecule has 2 saturated carbocycles. The number of anilines is 1. The highest BCUT2D eigenvalue weighted by molar-refractivity contribution is 5.97. The molecule has 6 rings (SSSR count). The van der Waals surface area contributed by atoms with Gasteiger partial charge >= 0.3 is 0 Å². The van der Waals surface area contributed by atoms with Crippen molar-refractivity contribution in [2.75, 3.05) is 72.0 Å². The number of aliphatic imine (C=N–C) groups is 2. The maximum Gasteiger partial charge on any atom is 0.252 e. The number of methoxy groups -OCH3 is 1. The Morgan fingerprint density at radius 2 is 1.60 bits per heavy atom. The van der Waals surface area contributed by atoms with Crippen molar-refractivity contribution in [2.24, 2.45) is 27.2 Å². The summed E-state index contributed by atoms with van der Waals surface area (Å²) >= 11 is 0. The summed E-state index contributed by atoms with van der Waals surface area (Å²) in [7, 11) is 4.89. The topological polar surface area (TPSA) is 143 Å². The van der Waals surface area contributed by atoms with E-state index in [2.05, 4.69) is 72.9 Å². The molecular weight excluding hydrogens is 822 g/mol. The highest BCUT2D eigenvalue weighted by Gasteiger charge is 2.48. The van der Waals surface area contributed by atoms with Gasteiger partial charge in [0.15, 0.2) is 0 Å². The van der Waals surface area contributed by atoms with Gasteiger partial charge in [0.1, 0.15) is 12.1 Å². The fourth-order valence-corrected chi connectivity index (χ4v) is 10.7. The predicted octanol–water partition coefficient (Wildman–Crippen LogP) is 7.04. The van der Waals surface area contributed by atoms with Crippen LogP contribution < -0.4 is 26.2 Å². The van der Waals surface area contributed by atoms with Crippen molar-refractivity contribution >= 4 is 37.2 Å². The third-order valence-corrected chi connectivity index (χ3v) is 14.6. The summed E-state index contributed by atoms with van der Waals surface area (Å²) < 4.78 is 20.8. The molecule has 1 aromatic rings. The number of piperidine rings is 3. The fraction of sp³-hybridized carbons (Fsp3) is 0.667. The minimum atomic E-state index is -0.422.